The van der Waals surface area contributed by atoms with E-state index in [4.69, 9.17) is 4.74 Å². The second-order valence-corrected chi connectivity index (χ2v) is 6.26. The van der Waals surface area contributed by atoms with E-state index in [0.717, 1.165) is 16.8 Å². The second-order valence-electron chi connectivity index (χ2n) is 5.34. The molecular weight excluding hydrogens is 328 g/mol. The molecule has 3 rings (SSSR count). The third kappa shape index (κ3) is 3.27. The first-order valence-electron chi connectivity index (χ1n) is 6.97. The summed E-state index contributed by atoms with van der Waals surface area (Å²) in [5, 5.41) is 1.19. The van der Waals surface area contributed by atoms with Gasteiger partial charge in [0.05, 0.1) is 6.10 Å². The second kappa shape index (κ2) is 5.90. The van der Waals surface area contributed by atoms with E-state index in [1.165, 1.54) is 16.5 Å². The highest BCUT2D eigenvalue weighted by Crippen LogP contribution is 2.23. The monoisotopic (exact) mass is 344 g/mol. The molecule has 4 heteroatoms. The van der Waals surface area contributed by atoms with Crippen LogP contribution < -0.4 is 4.74 Å². The summed E-state index contributed by atoms with van der Waals surface area (Å²) >= 11 is 3.46. The summed E-state index contributed by atoms with van der Waals surface area (Å²) < 4.78 is 8.96. The molecule has 0 aliphatic heterocycles. The zero-order valence-corrected chi connectivity index (χ0v) is 13.7. The minimum Gasteiger partial charge on any atom is -0.491 e. The molecule has 0 bridgehead atoms. The molecule has 0 N–H and O–H groups in total. The summed E-state index contributed by atoms with van der Waals surface area (Å²) in [4.78, 5) is 4.21. The van der Waals surface area contributed by atoms with Crippen molar-refractivity contribution in [3.05, 3.63) is 59.0 Å². The lowest BCUT2D eigenvalue weighted by atomic mass is 10.2. The Labute approximate surface area is 132 Å². The molecule has 21 heavy (non-hydrogen) atoms. The van der Waals surface area contributed by atoms with Gasteiger partial charge in [-0.3, -0.25) is 4.98 Å². The van der Waals surface area contributed by atoms with Gasteiger partial charge < -0.3 is 9.30 Å². The van der Waals surface area contributed by atoms with E-state index in [1.54, 1.807) is 6.20 Å². The molecule has 0 amide bonds. The zero-order chi connectivity index (χ0) is 14.8. The summed E-state index contributed by atoms with van der Waals surface area (Å²) in [7, 11) is 0. The summed E-state index contributed by atoms with van der Waals surface area (Å²) in [5.74, 6) is 0.916. The first-order chi connectivity index (χ1) is 10.1. The molecule has 0 saturated carbocycles. The molecule has 0 atom stereocenters. The molecule has 0 saturated heterocycles. The molecule has 0 aliphatic carbocycles. The van der Waals surface area contributed by atoms with Gasteiger partial charge in [-0.1, -0.05) is 0 Å². The quantitative estimate of drug-likeness (QED) is 0.689. The van der Waals surface area contributed by atoms with Gasteiger partial charge in [-0.25, -0.2) is 0 Å². The number of hydrogen-bond donors (Lipinski definition) is 0. The van der Waals surface area contributed by atoms with Crippen LogP contribution in [0.1, 0.15) is 19.4 Å². The fourth-order valence-electron chi connectivity index (χ4n) is 2.40. The molecule has 0 aliphatic rings. The normalized spacial score (nSPS) is 11.2. The third-order valence-electron chi connectivity index (χ3n) is 3.23. The average molecular weight is 345 g/mol. The van der Waals surface area contributed by atoms with E-state index in [2.05, 4.69) is 55.9 Å². The van der Waals surface area contributed by atoms with Gasteiger partial charge in [-0.2, -0.15) is 0 Å². The van der Waals surface area contributed by atoms with Crippen molar-refractivity contribution in [2.75, 3.05) is 0 Å². The van der Waals surface area contributed by atoms with Crippen LogP contribution in [0.2, 0.25) is 0 Å². The number of fused-ring (bicyclic) bond motifs is 1. The van der Waals surface area contributed by atoms with Crippen molar-refractivity contribution in [1.29, 1.82) is 0 Å². The van der Waals surface area contributed by atoms with Crippen molar-refractivity contribution in [3.8, 4) is 5.75 Å². The van der Waals surface area contributed by atoms with Crippen LogP contribution in [0.4, 0.5) is 0 Å². The van der Waals surface area contributed by atoms with Crippen LogP contribution in [0.5, 0.6) is 5.75 Å². The number of rotatable bonds is 4. The Hall–Kier alpha value is -1.81. The van der Waals surface area contributed by atoms with Crippen LogP contribution in [-0.4, -0.2) is 15.7 Å². The van der Waals surface area contributed by atoms with Gasteiger partial charge in [0.1, 0.15) is 5.75 Å². The highest BCUT2D eigenvalue weighted by atomic mass is 79.9. The van der Waals surface area contributed by atoms with Gasteiger partial charge >= 0.3 is 0 Å². The summed E-state index contributed by atoms with van der Waals surface area (Å²) in [6.45, 7) is 4.88. The van der Waals surface area contributed by atoms with Crippen molar-refractivity contribution < 1.29 is 4.74 Å². The molecule has 3 nitrogen and oxygen atoms in total. The Morgan fingerprint density at radius 2 is 2.05 bits per heavy atom. The van der Waals surface area contributed by atoms with Crippen molar-refractivity contribution in [2.24, 2.45) is 0 Å². The van der Waals surface area contributed by atoms with E-state index in [9.17, 15) is 0 Å². The Balaban J connectivity index is 1.90. The number of halogens is 1. The smallest absolute Gasteiger partial charge is 0.120 e. The highest BCUT2D eigenvalue weighted by molar-refractivity contribution is 9.10. The van der Waals surface area contributed by atoms with Gasteiger partial charge in [0, 0.05) is 40.5 Å². The fraction of sp³-hybridized carbons (Fsp3) is 0.235. The predicted octanol–water partition coefficient (Wildman–Crippen LogP) is 4.63. The molecular formula is C17H17BrN2O. The molecule has 2 heterocycles. The van der Waals surface area contributed by atoms with Crippen molar-refractivity contribution in [3.63, 3.8) is 0 Å². The largest absolute Gasteiger partial charge is 0.491 e. The van der Waals surface area contributed by atoms with E-state index in [0.29, 0.717) is 0 Å². The van der Waals surface area contributed by atoms with Gasteiger partial charge in [0.2, 0.25) is 0 Å². The van der Waals surface area contributed by atoms with Crippen LogP contribution in [0.3, 0.4) is 0 Å². The number of hydrogen-bond acceptors (Lipinski definition) is 2. The predicted molar refractivity (Wildman–Crippen MR) is 88.7 cm³/mol. The Kier molecular flexibility index (Phi) is 3.97. The summed E-state index contributed by atoms with van der Waals surface area (Å²) in [5.41, 5.74) is 2.37. The van der Waals surface area contributed by atoms with E-state index >= 15 is 0 Å². The molecule has 0 fully saturated rings. The summed E-state index contributed by atoms with van der Waals surface area (Å²) in [6.07, 6.45) is 5.99. The molecule has 108 valence electrons. The maximum absolute atomic E-state index is 5.74. The standard InChI is InChI=1S/C17H17BrN2O/c1-12(2)21-16-3-4-17-14(8-16)5-6-20(17)11-13-7-15(18)10-19-9-13/h3-10,12H,11H2,1-2H3. The molecule has 0 radical (unpaired) electrons. The topological polar surface area (TPSA) is 27.1 Å². The van der Waals surface area contributed by atoms with Crippen LogP contribution in [0, 0.1) is 0 Å². The average Bonchev–Trinajstić information content (AvgIpc) is 2.81. The Morgan fingerprint density at radius 3 is 2.81 bits per heavy atom. The van der Waals surface area contributed by atoms with Crippen LogP contribution >= 0.6 is 15.9 Å². The Bertz CT molecular complexity index is 764. The van der Waals surface area contributed by atoms with E-state index in [-0.39, 0.29) is 6.10 Å². The number of aromatic nitrogens is 2. The van der Waals surface area contributed by atoms with Gasteiger partial charge in [0.15, 0.2) is 0 Å². The highest BCUT2D eigenvalue weighted by Gasteiger charge is 2.05. The van der Waals surface area contributed by atoms with Crippen molar-refractivity contribution >= 4 is 26.8 Å². The minimum atomic E-state index is 0.192. The van der Waals surface area contributed by atoms with Gasteiger partial charge in [0.25, 0.3) is 0 Å². The lowest BCUT2D eigenvalue weighted by Crippen LogP contribution is -2.05. The number of ether oxygens (including phenoxy) is 1. The summed E-state index contributed by atoms with van der Waals surface area (Å²) in [6, 6.07) is 10.4. The Morgan fingerprint density at radius 1 is 1.19 bits per heavy atom. The van der Waals surface area contributed by atoms with Crippen LogP contribution in [0.15, 0.2) is 53.4 Å². The molecule has 2 aromatic heterocycles. The van der Waals surface area contributed by atoms with E-state index in [1.807, 2.05) is 26.1 Å². The fourth-order valence-corrected chi connectivity index (χ4v) is 2.81. The van der Waals surface area contributed by atoms with Gasteiger partial charge in [-0.15, -0.1) is 0 Å². The van der Waals surface area contributed by atoms with Crippen LogP contribution in [-0.2, 0) is 6.54 Å². The van der Waals surface area contributed by atoms with Gasteiger partial charge in [-0.05, 0) is 65.7 Å². The molecule has 0 spiro atoms. The lowest BCUT2D eigenvalue weighted by molar-refractivity contribution is 0.243. The first-order valence-corrected chi connectivity index (χ1v) is 7.76. The maximum atomic E-state index is 5.74. The molecule has 0 unspecified atom stereocenters. The molecule has 3 aromatic rings. The zero-order valence-electron chi connectivity index (χ0n) is 12.1. The number of benzene rings is 1. The van der Waals surface area contributed by atoms with Crippen molar-refractivity contribution in [2.45, 2.75) is 26.5 Å². The van der Waals surface area contributed by atoms with E-state index < -0.39 is 0 Å². The van der Waals surface area contributed by atoms with Crippen LogP contribution in [0.25, 0.3) is 10.9 Å². The number of pyridine rings is 1. The number of nitrogens with zero attached hydrogens (tertiary/aromatic N) is 2. The van der Waals surface area contributed by atoms with Crippen molar-refractivity contribution in [1.82, 2.24) is 9.55 Å². The minimum absolute atomic E-state index is 0.192. The maximum Gasteiger partial charge on any atom is 0.120 e. The lowest BCUT2D eigenvalue weighted by Gasteiger charge is -2.10. The first kappa shape index (κ1) is 14.1. The third-order valence-corrected chi connectivity index (χ3v) is 3.66. The molecule has 1 aromatic carbocycles. The SMILES string of the molecule is CC(C)Oc1ccc2c(ccn2Cc2cncc(Br)c2)c1.